The Morgan fingerprint density at radius 3 is 2.88 bits per heavy atom. The molecule has 0 aromatic heterocycles. The van der Waals surface area contributed by atoms with Crippen LogP contribution in [-0.4, -0.2) is 36.0 Å². The maximum atomic E-state index is 10.7. The van der Waals surface area contributed by atoms with Gasteiger partial charge in [0.2, 0.25) is 0 Å². The minimum atomic E-state index is -0.428. The van der Waals surface area contributed by atoms with Gasteiger partial charge in [0.25, 0.3) is 5.69 Å². The number of likely N-dealkylation sites (N-methyl/N-ethyl adjacent to an activating group) is 1. The molecule has 2 rings (SSSR count). The van der Waals surface area contributed by atoms with E-state index in [1.807, 2.05) is 0 Å². The number of nitro benzene ring substituents is 1. The number of nitrogens with two attached hydrogens (primary N) is 1. The quantitative estimate of drug-likeness (QED) is 0.469. The fourth-order valence-corrected chi connectivity index (χ4v) is 2.11. The minimum Gasteiger partial charge on any atom is -0.398 e. The minimum absolute atomic E-state index is 0.0267. The van der Waals surface area contributed by atoms with Crippen LogP contribution in [0.5, 0.6) is 0 Å². The molecule has 0 saturated carbocycles. The predicted molar refractivity (Wildman–Crippen MR) is 67.0 cm³/mol. The molecule has 0 spiro atoms. The van der Waals surface area contributed by atoms with Crippen molar-refractivity contribution in [1.82, 2.24) is 4.90 Å². The molecule has 0 amide bonds. The lowest BCUT2D eigenvalue weighted by molar-refractivity contribution is -0.384. The van der Waals surface area contributed by atoms with E-state index in [-0.39, 0.29) is 5.69 Å². The molecule has 1 heterocycles. The Morgan fingerprint density at radius 1 is 1.53 bits per heavy atom. The Labute approximate surface area is 99.6 Å². The number of anilines is 2. The second-order valence-corrected chi connectivity index (χ2v) is 4.46. The van der Waals surface area contributed by atoms with E-state index in [9.17, 15) is 10.1 Å². The average Bonchev–Trinajstić information content (AvgIpc) is 2.63. The topological polar surface area (TPSA) is 84.4 Å². The molecule has 1 atom stereocenters. The van der Waals surface area contributed by atoms with E-state index in [1.54, 1.807) is 6.07 Å². The molecule has 17 heavy (non-hydrogen) atoms. The van der Waals surface area contributed by atoms with Crippen molar-refractivity contribution in [3.05, 3.63) is 28.3 Å². The number of hydrogen-bond donors (Lipinski definition) is 2. The molecule has 92 valence electrons. The lowest BCUT2D eigenvalue weighted by Crippen LogP contribution is -2.23. The molecule has 1 aliphatic heterocycles. The van der Waals surface area contributed by atoms with Crippen LogP contribution < -0.4 is 11.1 Å². The maximum absolute atomic E-state index is 10.7. The highest BCUT2D eigenvalue weighted by atomic mass is 16.6. The van der Waals surface area contributed by atoms with E-state index in [0.717, 1.165) is 25.2 Å². The molecule has 6 heteroatoms. The van der Waals surface area contributed by atoms with Gasteiger partial charge in [-0.25, -0.2) is 0 Å². The van der Waals surface area contributed by atoms with E-state index in [0.29, 0.717) is 11.7 Å². The van der Waals surface area contributed by atoms with Crippen molar-refractivity contribution in [1.29, 1.82) is 0 Å². The summed E-state index contributed by atoms with van der Waals surface area (Å²) in [6, 6.07) is 4.95. The van der Waals surface area contributed by atoms with Crippen molar-refractivity contribution >= 4 is 17.1 Å². The van der Waals surface area contributed by atoms with Crippen LogP contribution in [0.3, 0.4) is 0 Å². The summed E-state index contributed by atoms with van der Waals surface area (Å²) < 4.78 is 0. The molecule has 0 bridgehead atoms. The summed E-state index contributed by atoms with van der Waals surface area (Å²) in [4.78, 5) is 12.5. The number of rotatable bonds is 3. The van der Waals surface area contributed by atoms with E-state index < -0.39 is 4.92 Å². The van der Waals surface area contributed by atoms with E-state index in [1.165, 1.54) is 12.1 Å². The van der Waals surface area contributed by atoms with Gasteiger partial charge in [-0.2, -0.15) is 0 Å². The molecule has 1 unspecified atom stereocenters. The number of benzene rings is 1. The number of nitrogens with zero attached hydrogens (tertiary/aromatic N) is 2. The highest BCUT2D eigenvalue weighted by molar-refractivity contribution is 5.61. The molecule has 3 N–H and O–H groups in total. The normalized spacial score (nSPS) is 20.4. The van der Waals surface area contributed by atoms with Crippen LogP contribution >= 0.6 is 0 Å². The molecule has 1 aromatic carbocycles. The van der Waals surface area contributed by atoms with Gasteiger partial charge in [-0.3, -0.25) is 10.1 Å². The lowest BCUT2D eigenvalue weighted by Gasteiger charge is -2.14. The summed E-state index contributed by atoms with van der Waals surface area (Å²) in [5, 5.41) is 14.0. The first-order valence-corrected chi connectivity index (χ1v) is 5.54. The predicted octanol–water partition coefficient (Wildman–Crippen LogP) is 1.29. The standard InChI is InChI=1S/C11H16N4O2/c1-14-3-2-9(7-14)13-10-4-8(12)5-11(6-10)15(16)17/h4-6,9,13H,2-3,7,12H2,1H3. The third kappa shape index (κ3) is 2.85. The number of nitrogen functional groups attached to an aromatic ring is 1. The number of likely N-dealkylation sites (tertiary alicyclic amines) is 1. The Kier molecular flexibility index (Phi) is 3.14. The zero-order valence-corrected chi connectivity index (χ0v) is 9.72. The lowest BCUT2D eigenvalue weighted by atomic mass is 10.2. The Morgan fingerprint density at radius 2 is 2.29 bits per heavy atom. The van der Waals surface area contributed by atoms with Crippen LogP contribution in [0.15, 0.2) is 18.2 Å². The number of nitrogens with one attached hydrogen (secondary N) is 1. The van der Waals surface area contributed by atoms with Crippen LogP contribution in [0, 0.1) is 10.1 Å². The van der Waals surface area contributed by atoms with Crippen molar-refractivity contribution in [3.8, 4) is 0 Å². The van der Waals surface area contributed by atoms with E-state index in [2.05, 4.69) is 17.3 Å². The third-order valence-corrected chi connectivity index (χ3v) is 2.91. The summed E-state index contributed by atoms with van der Waals surface area (Å²) in [5.41, 5.74) is 6.80. The monoisotopic (exact) mass is 236 g/mol. The smallest absolute Gasteiger partial charge is 0.273 e. The van der Waals surface area contributed by atoms with Gasteiger partial charge >= 0.3 is 0 Å². The van der Waals surface area contributed by atoms with Crippen molar-refractivity contribution in [2.45, 2.75) is 12.5 Å². The van der Waals surface area contributed by atoms with Gasteiger partial charge in [-0.05, 0) is 26.1 Å². The van der Waals surface area contributed by atoms with Crippen LogP contribution in [0.4, 0.5) is 17.1 Å². The summed E-state index contributed by atoms with van der Waals surface area (Å²) in [6.45, 7) is 1.99. The Balaban J connectivity index is 2.12. The molecular formula is C11H16N4O2. The van der Waals surface area contributed by atoms with Gasteiger partial charge in [-0.1, -0.05) is 0 Å². The molecule has 1 saturated heterocycles. The zero-order valence-electron chi connectivity index (χ0n) is 9.72. The molecule has 0 radical (unpaired) electrons. The van der Waals surface area contributed by atoms with E-state index >= 15 is 0 Å². The van der Waals surface area contributed by atoms with Crippen LogP contribution in [0.25, 0.3) is 0 Å². The molecule has 1 aliphatic rings. The average molecular weight is 236 g/mol. The van der Waals surface area contributed by atoms with Crippen molar-refractivity contribution in [2.75, 3.05) is 31.2 Å². The van der Waals surface area contributed by atoms with Crippen molar-refractivity contribution in [2.24, 2.45) is 0 Å². The number of non-ortho nitro benzene ring substituents is 1. The first-order valence-electron chi connectivity index (χ1n) is 5.54. The zero-order chi connectivity index (χ0) is 12.4. The Bertz CT molecular complexity index is 435. The first kappa shape index (κ1) is 11.7. The molecule has 1 fully saturated rings. The fraction of sp³-hybridized carbons (Fsp3) is 0.455. The van der Waals surface area contributed by atoms with Crippen molar-refractivity contribution in [3.63, 3.8) is 0 Å². The summed E-state index contributed by atoms with van der Waals surface area (Å²) in [6.07, 6.45) is 1.04. The highest BCUT2D eigenvalue weighted by Gasteiger charge is 2.19. The van der Waals surface area contributed by atoms with Gasteiger partial charge in [0.15, 0.2) is 0 Å². The molecular weight excluding hydrogens is 220 g/mol. The summed E-state index contributed by atoms with van der Waals surface area (Å²) in [7, 11) is 2.06. The highest BCUT2D eigenvalue weighted by Crippen LogP contribution is 2.24. The van der Waals surface area contributed by atoms with Crippen LogP contribution in [0.2, 0.25) is 0 Å². The second kappa shape index (κ2) is 4.58. The number of hydrogen-bond acceptors (Lipinski definition) is 5. The SMILES string of the molecule is CN1CCC(Nc2cc(N)cc([N+](=O)[O-])c2)C1. The van der Waals surface area contributed by atoms with Gasteiger partial charge in [0, 0.05) is 36.1 Å². The van der Waals surface area contributed by atoms with Gasteiger partial charge in [0.1, 0.15) is 0 Å². The largest absolute Gasteiger partial charge is 0.398 e. The molecule has 6 nitrogen and oxygen atoms in total. The first-order chi connectivity index (χ1) is 8.04. The third-order valence-electron chi connectivity index (χ3n) is 2.91. The van der Waals surface area contributed by atoms with E-state index in [4.69, 9.17) is 5.73 Å². The van der Waals surface area contributed by atoms with Crippen molar-refractivity contribution < 1.29 is 4.92 Å². The Hall–Kier alpha value is -1.82. The van der Waals surface area contributed by atoms with Gasteiger partial charge < -0.3 is 16.0 Å². The molecule has 1 aromatic rings. The van der Waals surface area contributed by atoms with Crippen LogP contribution in [0.1, 0.15) is 6.42 Å². The summed E-state index contributed by atoms with van der Waals surface area (Å²) in [5.74, 6) is 0. The second-order valence-electron chi connectivity index (χ2n) is 4.46. The maximum Gasteiger partial charge on any atom is 0.273 e. The molecule has 0 aliphatic carbocycles. The van der Waals surface area contributed by atoms with Gasteiger partial charge in [-0.15, -0.1) is 0 Å². The summed E-state index contributed by atoms with van der Waals surface area (Å²) >= 11 is 0. The number of nitro groups is 1. The van der Waals surface area contributed by atoms with Crippen LogP contribution in [-0.2, 0) is 0 Å². The van der Waals surface area contributed by atoms with Gasteiger partial charge in [0.05, 0.1) is 4.92 Å². The fourth-order valence-electron chi connectivity index (χ4n) is 2.11.